The van der Waals surface area contributed by atoms with Crippen molar-refractivity contribution in [3.05, 3.63) is 35.1 Å². The molecule has 1 aromatic carbocycles. The lowest BCUT2D eigenvalue weighted by molar-refractivity contribution is 0.117. The summed E-state index contributed by atoms with van der Waals surface area (Å²) >= 11 is 0. The van der Waals surface area contributed by atoms with E-state index >= 15 is 0 Å². The summed E-state index contributed by atoms with van der Waals surface area (Å²) < 4.78 is 44.3. The summed E-state index contributed by atoms with van der Waals surface area (Å²) in [6.07, 6.45) is 0. The lowest BCUT2D eigenvalue weighted by Crippen LogP contribution is -2.36. The van der Waals surface area contributed by atoms with Crippen molar-refractivity contribution in [3.63, 3.8) is 0 Å². The molecule has 0 heterocycles. The molecule has 3 nitrogen and oxygen atoms in total. The zero-order valence-corrected chi connectivity index (χ0v) is 10.9. The summed E-state index contributed by atoms with van der Waals surface area (Å²) in [5.41, 5.74) is 0.155. The Morgan fingerprint density at radius 1 is 1.26 bits per heavy atom. The second-order valence-corrected chi connectivity index (χ2v) is 4.26. The maximum atomic E-state index is 13.1. The third-order valence-corrected chi connectivity index (χ3v) is 2.65. The number of aliphatic hydroxyl groups excluding tert-OH is 1. The van der Waals surface area contributed by atoms with E-state index in [0.717, 1.165) is 12.1 Å². The van der Waals surface area contributed by atoms with Gasteiger partial charge in [-0.2, -0.15) is 0 Å². The van der Waals surface area contributed by atoms with Crippen LogP contribution in [0.5, 0.6) is 0 Å². The van der Waals surface area contributed by atoms with Crippen LogP contribution < -0.4 is 5.32 Å². The van der Waals surface area contributed by atoms with Gasteiger partial charge in [-0.25, -0.2) is 13.2 Å². The quantitative estimate of drug-likeness (QED) is 0.750. The van der Waals surface area contributed by atoms with Gasteiger partial charge in [0.15, 0.2) is 17.5 Å². The van der Waals surface area contributed by atoms with Crippen molar-refractivity contribution in [2.75, 3.05) is 19.8 Å². The Morgan fingerprint density at radius 2 is 1.84 bits per heavy atom. The van der Waals surface area contributed by atoms with E-state index in [0.29, 0.717) is 13.2 Å². The molecule has 1 rings (SSSR count). The molecule has 0 saturated heterocycles. The van der Waals surface area contributed by atoms with Crippen molar-refractivity contribution in [3.8, 4) is 0 Å². The van der Waals surface area contributed by atoms with Gasteiger partial charge in [-0.3, -0.25) is 0 Å². The third kappa shape index (κ3) is 4.49. The fourth-order valence-corrected chi connectivity index (χ4v) is 1.72. The Hall–Kier alpha value is -1.11. The standard InChI is InChI=1S/C13H18F3NO2/c1-3-19-7-8(2)17-12(6-18)9-4-10(14)13(16)11(15)5-9/h4-5,8,12,17-18H,3,6-7H2,1-2H3. The largest absolute Gasteiger partial charge is 0.394 e. The normalized spacial score (nSPS) is 14.4. The molecule has 6 heteroatoms. The van der Waals surface area contributed by atoms with Gasteiger partial charge in [-0.15, -0.1) is 0 Å². The first-order valence-electron chi connectivity index (χ1n) is 6.08. The van der Waals surface area contributed by atoms with Gasteiger partial charge in [0.1, 0.15) is 0 Å². The predicted molar refractivity (Wildman–Crippen MR) is 65.2 cm³/mol. The summed E-state index contributed by atoms with van der Waals surface area (Å²) in [7, 11) is 0. The number of rotatable bonds is 7. The highest BCUT2D eigenvalue weighted by atomic mass is 19.2. The average Bonchev–Trinajstić information content (AvgIpc) is 2.39. The second-order valence-electron chi connectivity index (χ2n) is 4.26. The maximum absolute atomic E-state index is 13.1. The molecule has 0 spiro atoms. The molecule has 1 aromatic rings. The molecule has 0 aliphatic carbocycles. The predicted octanol–water partition coefficient (Wildman–Crippen LogP) is 2.15. The summed E-state index contributed by atoms with van der Waals surface area (Å²) in [4.78, 5) is 0. The Balaban J connectivity index is 2.79. The highest BCUT2D eigenvalue weighted by Gasteiger charge is 2.18. The number of hydrogen-bond acceptors (Lipinski definition) is 3. The first-order valence-corrected chi connectivity index (χ1v) is 6.08. The summed E-state index contributed by atoms with van der Waals surface area (Å²) in [6.45, 7) is 4.26. The Morgan fingerprint density at radius 3 is 2.32 bits per heavy atom. The van der Waals surface area contributed by atoms with Crippen LogP contribution in [0.1, 0.15) is 25.5 Å². The van der Waals surface area contributed by atoms with Crippen LogP contribution in [0.3, 0.4) is 0 Å². The van der Waals surface area contributed by atoms with Crippen LogP contribution in [-0.2, 0) is 4.74 Å². The van der Waals surface area contributed by atoms with Gasteiger partial charge >= 0.3 is 0 Å². The molecular weight excluding hydrogens is 259 g/mol. The zero-order valence-electron chi connectivity index (χ0n) is 10.9. The van der Waals surface area contributed by atoms with Gasteiger partial charge in [0.25, 0.3) is 0 Å². The maximum Gasteiger partial charge on any atom is 0.194 e. The third-order valence-electron chi connectivity index (χ3n) is 2.65. The fraction of sp³-hybridized carbons (Fsp3) is 0.538. The Labute approximate surface area is 110 Å². The van der Waals surface area contributed by atoms with E-state index in [1.54, 1.807) is 0 Å². The lowest BCUT2D eigenvalue weighted by atomic mass is 10.1. The van der Waals surface area contributed by atoms with Crippen molar-refractivity contribution < 1.29 is 23.0 Å². The lowest BCUT2D eigenvalue weighted by Gasteiger charge is -2.22. The number of ether oxygens (including phenoxy) is 1. The van der Waals surface area contributed by atoms with Crippen molar-refractivity contribution in [1.29, 1.82) is 0 Å². The molecule has 0 aliphatic heterocycles. The monoisotopic (exact) mass is 277 g/mol. The smallest absolute Gasteiger partial charge is 0.194 e. The van der Waals surface area contributed by atoms with Crippen molar-refractivity contribution in [1.82, 2.24) is 5.32 Å². The highest BCUT2D eigenvalue weighted by Crippen LogP contribution is 2.19. The molecule has 0 saturated carbocycles. The van der Waals surface area contributed by atoms with E-state index in [2.05, 4.69) is 5.32 Å². The van der Waals surface area contributed by atoms with Crippen molar-refractivity contribution in [2.45, 2.75) is 25.9 Å². The second kappa shape index (κ2) is 7.47. The molecule has 0 radical (unpaired) electrons. The van der Waals surface area contributed by atoms with Crippen LogP contribution in [0.25, 0.3) is 0 Å². The van der Waals surface area contributed by atoms with Crippen LogP contribution in [0.4, 0.5) is 13.2 Å². The van der Waals surface area contributed by atoms with E-state index < -0.39 is 23.5 Å². The Kier molecular flexibility index (Phi) is 6.27. The molecule has 19 heavy (non-hydrogen) atoms. The summed E-state index contributed by atoms with van der Waals surface area (Å²) in [5.74, 6) is -4.05. The molecule has 0 amide bonds. The molecular formula is C13H18F3NO2. The zero-order chi connectivity index (χ0) is 14.4. The van der Waals surface area contributed by atoms with Crippen LogP contribution >= 0.6 is 0 Å². The minimum Gasteiger partial charge on any atom is -0.394 e. The van der Waals surface area contributed by atoms with Gasteiger partial charge in [-0.1, -0.05) is 0 Å². The van der Waals surface area contributed by atoms with Gasteiger partial charge in [-0.05, 0) is 31.5 Å². The van der Waals surface area contributed by atoms with Crippen molar-refractivity contribution in [2.24, 2.45) is 0 Å². The minimum absolute atomic E-state index is 0.117. The SMILES string of the molecule is CCOCC(C)NC(CO)c1cc(F)c(F)c(F)c1. The molecule has 0 aromatic heterocycles. The van der Waals surface area contributed by atoms with Gasteiger partial charge < -0.3 is 15.2 Å². The molecule has 0 aliphatic rings. The van der Waals surface area contributed by atoms with E-state index in [1.807, 2.05) is 13.8 Å². The number of hydrogen-bond donors (Lipinski definition) is 2. The summed E-state index contributed by atoms with van der Waals surface area (Å²) in [6, 6.07) is 0.952. The van der Waals surface area contributed by atoms with E-state index in [-0.39, 0.29) is 18.2 Å². The molecule has 2 atom stereocenters. The van der Waals surface area contributed by atoms with Gasteiger partial charge in [0.05, 0.1) is 19.3 Å². The van der Waals surface area contributed by atoms with Crippen LogP contribution in [0, 0.1) is 17.5 Å². The molecule has 2 unspecified atom stereocenters. The van der Waals surface area contributed by atoms with Crippen LogP contribution in [0.15, 0.2) is 12.1 Å². The number of nitrogens with one attached hydrogen (secondary N) is 1. The number of benzene rings is 1. The number of aliphatic hydroxyl groups is 1. The minimum atomic E-state index is -1.51. The molecule has 0 bridgehead atoms. The Bertz CT molecular complexity index is 392. The number of halogens is 3. The van der Waals surface area contributed by atoms with Crippen LogP contribution in [0.2, 0.25) is 0 Å². The highest BCUT2D eigenvalue weighted by molar-refractivity contribution is 5.23. The van der Waals surface area contributed by atoms with E-state index in [1.165, 1.54) is 0 Å². The van der Waals surface area contributed by atoms with Gasteiger partial charge in [0, 0.05) is 12.6 Å². The fourth-order valence-electron chi connectivity index (χ4n) is 1.72. The van der Waals surface area contributed by atoms with Gasteiger partial charge in [0.2, 0.25) is 0 Å². The molecule has 108 valence electrons. The first kappa shape index (κ1) is 15.9. The topological polar surface area (TPSA) is 41.5 Å². The summed E-state index contributed by atoms with van der Waals surface area (Å²) in [5, 5.41) is 12.2. The van der Waals surface area contributed by atoms with Crippen LogP contribution in [-0.4, -0.2) is 31.0 Å². The van der Waals surface area contributed by atoms with E-state index in [9.17, 15) is 18.3 Å². The van der Waals surface area contributed by atoms with E-state index in [4.69, 9.17) is 4.74 Å². The molecule has 2 N–H and O–H groups in total. The first-order chi connectivity index (χ1) is 8.99. The molecule has 0 fully saturated rings. The average molecular weight is 277 g/mol. The van der Waals surface area contributed by atoms with Crippen molar-refractivity contribution >= 4 is 0 Å².